The normalized spacial score (nSPS) is 18.8. The molecule has 1 fully saturated rings. The highest BCUT2D eigenvalue weighted by molar-refractivity contribution is 5.53. The zero-order chi connectivity index (χ0) is 16.4. The minimum atomic E-state index is 0.366. The molecule has 0 spiro atoms. The van der Waals surface area contributed by atoms with E-state index in [2.05, 4.69) is 30.6 Å². The Balaban J connectivity index is 1.46. The molecular formula is C16H20N8. The van der Waals surface area contributed by atoms with Crippen LogP contribution in [0.3, 0.4) is 0 Å². The predicted molar refractivity (Wildman–Crippen MR) is 87.9 cm³/mol. The molecule has 0 radical (unpaired) electrons. The molecule has 4 rings (SSSR count). The molecule has 8 heteroatoms. The molecule has 1 aliphatic heterocycles. The van der Waals surface area contributed by atoms with Gasteiger partial charge in [-0.1, -0.05) is 30.3 Å². The van der Waals surface area contributed by atoms with E-state index in [0.717, 1.165) is 55.5 Å². The summed E-state index contributed by atoms with van der Waals surface area (Å²) >= 11 is 0. The lowest BCUT2D eigenvalue weighted by Gasteiger charge is -2.30. The zero-order valence-electron chi connectivity index (χ0n) is 13.6. The molecule has 1 unspecified atom stereocenters. The van der Waals surface area contributed by atoms with Crippen LogP contribution in [-0.2, 0) is 13.6 Å². The van der Waals surface area contributed by atoms with Gasteiger partial charge in [-0.25, -0.2) is 9.67 Å². The van der Waals surface area contributed by atoms with Crippen LogP contribution >= 0.6 is 0 Å². The van der Waals surface area contributed by atoms with Crippen LogP contribution in [0.4, 0.5) is 0 Å². The number of tetrazole rings is 1. The van der Waals surface area contributed by atoms with E-state index in [9.17, 15) is 0 Å². The highest BCUT2D eigenvalue weighted by Crippen LogP contribution is 2.26. The van der Waals surface area contributed by atoms with E-state index in [1.807, 2.05) is 37.4 Å². The Labute approximate surface area is 139 Å². The number of aromatic amines is 1. The second-order valence-electron chi connectivity index (χ2n) is 6.20. The molecule has 1 atom stereocenters. The fourth-order valence-electron chi connectivity index (χ4n) is 3.18. The van der Waals surface area contributed by atoms with Crippen molar-refractivity contribution in [3.05, 3.63) is 42.0 Å². The van der Waals surface area contributed by atoms with E-state index < -0.39 is 0 Å². The van der Waals surface area contributed by atoms with Crippen molar-refractivity contribution in [2.24, 2.45) is 7.05 Å². The molecule has 1 N–H and O–H groups in total. The number of benzene rings is 1. The summed E-state index contributed by atoms with van der Waals surface area (Å²) in [6.07, 6.45) is 2.26. The van der Waals surface area contributed by atoms with E-state index in [-0.39, 0.29) is 0 Å². The number of H-pyrrole nitrogens is 1. The SMILES string of the molecule is Cn1nnnc1CN1CCCC(c2nc(-c3ccccc3)n[nH]2)C1. The van der Waals surface area contributed by atoms with Gasteiger partial charge in [0.1, 0.15) is 5.82 Å². The first kappa shape index (κ1) is 14.9. The van der Waals surface area contributed by atoms with Crippen LogP contribution in [0.25, 0.3) is 11.4 Å². The molecule has 124 valence electrons. The Morgan fingerprint density at radius 2 is 2.12 bits per heavy atom. The van der Waals surface area contributed by atoms with Gasteiger partial charge in [-0.2, -0.15) is 5.10 Å². The number of piperidine rings is 1. The molecule has 0 bridgehead atoms. The molecular weight excluding hydrogens is 304 g/mol. The van der Waals surface area contributed by atoms with E-state index in [0.29, 0.717) is 5.92 Å². The number of nitrogens with one attached hydrogen (secondary N) is 1. The van der Waals surface area contributed by atoms with Crippen molar-refractivity contribution in [3.63, 3.8) is 0 Å². The molecule has 0 aliphatic carbocycles. The van der Waals surface area contributed by atoms with E-state index in [1.165, 1.54) is 0 Å². The summed E-state index contributed by atoms with van der Waals surface area (Å²) in [5.74, 6) is 2.98. The Hall–Kier alpha value is -2.61. The smallest absolute Gasteiger partial charge is 0.181 e. The summed E-state index contributed by atoms with van der Waals surface area (Å²) < 4.78 is 1.73. The number of aromatic nitrogens is 7. The monoisotopic (exact) mass is 324 g/mol. The Morgan fingerprint density at radius 3 is 2.92 bits per heavy atom. The summed E-state index contributed by atoms with van der Waals surface area (Å²) in [7, 11) is 1.87. The lowest BCUT2D eigenvalue weighted by molar-refractivity contribution is 0.190. The first-order valence-electron chi connectivity index (χ1n) is 8.21. The highest BCUT2D eigenvalue weighted by atomic mass is 15.5. The number of hydrogen-bond donors (Lipinski definition) is 1. The molecule has 1 aliphatic rings. The number of rotatable bonds is 4. The maximum atomic E-state index is 4.71. The van der Waals surface area contributed by atoms with Crippen molar-refractivity contribution in [2.45, 2.75) is 25.3 Å². The molecule has 0 amide bonds. The molecule has 1 aromatic carbocycles. The molecule has 3 aromatic rings. The van der Waals surface area contributed by atoms with Crippen molar-refractivity contribution in [1.82, 2.24) is 40.3 Å². The third kappa shape index (κ3) is 3.05. The van der Waals surface area contributed by atoms with Crippen molar-refractivity contribution in [2.75, 3.05) is 13.1 Å². The van der Waals surface area contributed by atoms with Gasteiger partial charge in [0.25, 0.3) is 0 Å². The average Bonchev–Trinajstić information content (AvgIpc) is 3.26. The van der Waals surface area contributed by atoms with Gasteiger partial charge in [-0.05, 0) is 29.8 Å². The molecule has 2 aromatic heterocycles. The largest absolute Gasteiger partial charge is 0.295 e. The van der Waals surface area contributed by atoms with E-state index in [4.69, 9.17) is 4.98 Å². The number of nitrogens with zero attached hydrogens (tertiary/aromatic N) is 7. The highest BCUT2D eigenvalue weighted by Gasteiger charge is 2.25. The van der Waals surface area contributed by atoms with Crippen LogP contribution in [-0.4, -0.2) is 53.4 Å². The van der Waals surface area contributed by atoms with E-state index in [1.54, 1.807) is 4.68 Å². The number of likely N-dealkylation sites (tertiary alicyclic amines) is 1. The zero-order valence-corrected chi connectivity index (χ0v) is 13.6. The van der Waals surface area contributed by atoms with Gasteiger partial charge in [0.15, 0.2) is 11.6 Å². The quantitative estimate of drug-likeness (QED) is 0.780. The van der Waals surface area contributed by atoms with Crippen LogP contribution in [0.5, 0.6) is 0 Å². The van der Waals surface area contributed by atoms with Crippen LogP contribution < -0.4 is 0 Å². The summed E-state index contributed by atoms with van der Waals surface area (Å²) in [5, 5.41) is 19.2. The lowest BCUT2D eigenvalue weighted by Crippen LogP contribution is -2.35. The Bertz CT molecular complexity index is 793. The van der Waals surface area contributed by atoms with Gasteiger partial charge in [-0.15, -0.1) is 5.10 Å². The Kier molecular flexibility index (Phi) is 4.04. The fourth-order valence-corrected chi connectivity index (χ4v) is 3.18. The summed E-state index contributed by atoms with van der Waals surface area (Å²) in [6, 6.07) is 10.1. The second-order valence-corrected chi connectivity index (χ2v) is 6.20. The molecule has 1 saturated heterocycles. The minimum Gasteiger partial charge on any atom is -0.295 e. The number of aryl methyl sites for hydroxylation is 1. The first-order valence-corrected chi connectivity index (χ1v) is 8.21. The van der Waals surface area contributed by atoms with Crippen LogP contribution in [0, 0.1) is 0 Å². The maximum Gasteiger partial charge on any atom is 0.181 e. The summed E-state index contributed by atoms with van der Waals surface area (Å²) in [6.45, 7) is 2.76. The van der Waals surface area contributed by atoms with E-state index >= 15 is 0 Å². The van der Waals surface area contributed by atoms with Crippen LogP contribution in [0.2, 0.25) is 0 Å². The van der Waals surface area contributed by atoms with Gasteiger partial charge in [0.2, 0.25) is 0 Å². The van der Waals surface area contributed by atoms with Crippen molar-refractivity contribution < 1.29 is 0 Å². The topological polar surface area (TPSA) is 88.4 Å². The average molecular weight is 324 g/mol. The third-order valence-electron chi connectivity index (χ3n) is 4.50. The van der Waals surface area contributed by atoms with Gasteiger partial charge in [0.05, 0.1) is 6.54 Å². The minimum absolute atomic E-state index is 0.366. The van der Waals surface area contributed by atoms with Crippen LogP contribution in [0.1, 0.15) is 30.4 Å². The summed E-state index contributed by atoms with van der Waals surface area (Å²) in [4.78, 5) is 7.09. The third-order valence-corrected chi connectivity index (χ3v) is 4.50. The first-order chi connectivity index (χ1) is 11.8. The fraction of sp³-hybridized carbons (Fsp3) is 0.438. The summed E-state index contributed by atoms with van der Waals surface area (Å²) in [5.41, 5.74) is 1.04. The van der Waals surface area contributed by atoms with Gasteiger partial charge >= 0.3 is 0 Å². The molecule has 8 nitrogen and oxygen atoms in total. The molecule has 0 saturated carbocycles. The van der Waals surface area contributed by atoms with Gasteiger partial charge in [0, 0.05) is 25.1 Å². The van der Waals surface area contributed by atoms with Gasteiger partial charge in [-0.3, -0.25) is 10.00 Å². The van der Waals surface area contributed by atoms with Crippen molar-refractivity contribution >= 4 is 0 Å². The Morgan fingerprint density at radius 1 is 1.25 bits per heavy atom. The van der Waals surface area contributed by atoms with Crippen molar-refractivity contribution in [1.29, 1.82) is 0 Å². The standard InChI is InChI=1S/C16H20N8/c1-23-14(18-21-22-23)11-24-9-5-8-13(10-24)16-17-15(19-20-16)12-6-3-2-4-7-12/h2-4,6-7,13H,5,8-11H2,1H3,(H,17,19,20). The molecule has 24 heavy (non-hydrogen) atoms. The predicted octanol–water partition coefficient (Wildman–Crippen LogP) is 1.37. The maximum absolute atomic E-state index is 4.71. The molecule has 3 heterocycles. The van der Waals surface area contributed by atoms with Crippen LogP contribution in [0.15, 0.2) is 30.3 Å². The lowest BCUT2D eigenvalue weighted by atomic mass is 9.97. The van der Waals surface area contributed by atoms with Crippen molar-refractivity contribution in [3.8, 4) is 11.4 Å². The second kappa shape index (κ2) is 6.48. The van der Waals surface area contributed by atoms with Gasteiger partial charge < -0.3 is 0 Å². The number of hydrogen-bond acceptors (Lipinski definition) is 6.